The number of rotatable bonds is 6. The Morgan fingerprint density at radius 2 is 2.06 bits per heavy atom. The molecule has 0 spiro atoms. The maximum Gasteiger partial charge on any atom is 0.0728 e. The van der Waals surface area contributed by atoms with Gasteiger partial charge in [0.1, 0.15) is 0 Å². The predicted molar refractivity (Wildman–Crippen MR) is 67.6 cm³/mol. The first-order valence-corrected chi connectivity index (χ1v) is 7.25. The molecule has 2 fully saturated rings. The van der Waals surface area contributed by atoms with Crippen molar-refractivity contribution in [3.63, 3.8) is 0 Å². The van der Waals surface area contributed by atoms with Crippen molar-refractivity contribution in [3.8, 4) is 0 Å². The third kappa shape index (κ3) is 3.46. The predicted octanol–water partition coefficient (Wildman–Crippen LogP) is 3.11. The van der Waals surface area contributed by atoms with Crippen molar-refractivity contribution in [3.05, 3.63) is 0 Å². The minimum absolute atomic E-state index is 0.501. The van der Waals surface area contributed by atoms with Crippen LogP contribution in [0.3, 0.4) is 0 Å². The minimum Gasteiger partial charge on any atom is -0.377 e. The normalized spacial score (nSPS) is 28.7. The molecule has 2 aliphatic rings. The van der Waals surface area contributed by atoms with Gasteiger partial charge in [-0.3, -0.25) is 0 Å². The van der Waals surface area contributed by atoms with Crippen LogP contribution in [0, 0.1) is 5.92 Å². The Balaban J connectivity index is 1.78. The van der Waals surface area contributed by atoms with Gasteiger partial charge in [0.15, 0.2) is 0 Å². The van der Waals surface area contributed by atoms with Crippen molar-refractivity contribution in [2.45, 2.75) is 70.4 Å². The second-order valence-electron chi connectivity index (χ2n) is 5.50. The molecule has 0 radical (unpaired) electrons. The molecule has 0 bridgehead atoms. The average molecular weight is 225 g/mol. The van der Waals surface area contributed by atoms with Gasteiger partial charge in [0.05, 0.1) is 6.10 Å². The molecule has 1 aliphatic heterocycles. The molecule has 1 N–H and O–H groups in total. The van der Waals surface area contributed by atoms with Crippen molar-refractivity contribution >= 4 is 0 Å². The lowest BCUT2D eigenvalue weighted by molar-refractivity contribution is -0.0153. The molecule has 16 heavy (non-hydrogen) atoms. The SMILES string of the molecule is CCCNC(CC1CCC1)C1CCCCO1. The lowest BCUT2D eigenvalue weighted by Crippen LogP contribution is -2.45. The highest BCUT2D eigenvalue weighted by molar-refractivity contribution is 4.84. The Morgan fingerprint density at radius 3 is 2.62 bits per heavy atom. The first kappa shape index (κ1) is 12.4. The maximum atomic E-state index is 5.94. The monoisotopic (exact) mass is 225 g/mol. The summed E-state index contributed by atoms with van der Waals surface area (Å²) in [7, 11) is 0. The van der Waals surface area contributed by atoms with Crippen LogP contribution in [0.5, 0.6) is 0 Å². The molecule has 0 aromatic heterocycles. The Kier molecular flexibility index (Phi) is 5.11. The van der Waals surface area contributed by atoms with Crippen LogP contribution in [-0.2, 0) is 4.74 Å². The summed E-state index contributed by atoms with van der Waals surface area (Å²) < 4.78 is 5.94. The van der Waals surface area contributed by atoms with Gasteiger partial charge in [0, 0.05) is 12.6 Å². The molecule has 1 heterocycles. The van der Waals surface area contributed by atoms with E-state index in [1.54, 1.807) is 0 Å². The van der Waals surface area contributed by atoms with E-state index in [0.717, 1.165) is 19.1 Å². The van der Waals surface area contributed by atoms with Gasteiger partial charge in [-0.05, 0) is 44.6 Å². The van der Waals surface area contributed by atoms with E-state index in [4.69, 9.17) is 4.74 Å². The smallest absolute Gasteiger partial charge is 0.0728 e. The van der Waals surface area contributed by atoms with Crippen LogP contribution in [0.1, 0.15) is 58.3 Å². The van der Waals surface area contributed by atoms with Crippen LogP contribution < -0.4 is 5.32 Å². The highest BCUT2D eigenvalue weighted by Crippen LogP contribution is 2.32. The Morgan fingerprint density at radius 1 is 1.19 bits per heavy atom. The molecular formula is C14H27NO. The van der Waals surface area contributed by atoms with Gasteiger partial charge < -0.3 is 10.1 Å². The third-order valence-electron chi connectivity index (χ3n) is 4.13. The molecule has 2 atom stereocenters. The van der Waals surface area contributed by atoms with Crippen LogP contribution in [0.25, 0.3) is 0 Å². The number of hydrogen-bond acceptors (Lipinski definition) is 2. The molecule has 1 saturated carbocycles. The van der Waals surface area contributed by atoms with E-state index in [1.165, 1.54) is 51.4 Å². The fourth-order valence-corrected chi connectivity index (χ4v) is 2.87. The largest absolute Gasteiger partial charge is 0.377 e. The molecule has 0 aromatic rings. The van der Waals surface area contributed by atoms with E-state index >= 15 is 0 Å². The van der Waals surface area contributed by atoms with E-state index < -0.39 is 0 Å². The topological polar surface area (TPSA) is 21.3 Å². The van der Waals surface area contributed by atoms with Gasteiger partial charge in [-0.2, -0.15) is 0 Å². The molecule has 2 unspecified atom stereocenters. The van der Waals surface area contributed by atoms with Gasteiger partial charge in [-0.25, -0.2) is 0 Å². The van der Waals surface area contributed by atoms with Crippen LogP contribution in [0.4, 0.5) is 0 Å². The summed E-state index contributed by atoms with van der Waals surface area (Å²) in [6.07, 6.45) is 11.3. The lowest BCUT2D eigenvalue weighted by Gasteiger charge is -2.36. The maximum absolute atomic E-state index is 5.94. The fourth-order valence-electron chi connectivity index (χ4n) is 2.87. The molecule has 2 rings (SSSR count). The second-order valence-corrected chi connectivity index (χ2v) is 5.50. The molecule has 1 aliphatic carbocycles. The Labute approximate surface area is 100 Å². The zero-order chi connectivity index (χ0) is 11.2. The Bertz CT molecular complexity index is 185. The zero-order valence-electron chi connectivity index (χ0n) is 10.7. The molecule has 2 nitrogen and oxygen atoms in total. The van der Waals surface area contributed by atoms with E-state index in [-0.39, 0.29) is 0 Å². The standard InChI is InChI=1S/C14H27NO/c1-2-9-15-13(11-12-6-5-7-12)14-8-3-4-10-16-14/h12-15H,2-11H2,1H3. The summed E-state index contributed by atoms with van der Waals surface area (Å²) in [5, 5.41) is 3.71. The fraction of sp³-hybridized carbons (Fsp3) is 1.00. The summed E-state index contributed by atoms with van der Waals surface area (Å²) in [6, 6.07) is 0.630. The zero-order valence-corrected chi connectivity index (χ0v) is 10.7. The van der Waals surface area contributed by atoms with Crippen LogP contribution >= 0.6 is 0 Å². The summed E-state index contributed by atoms with van der Waals surface area (Å²) in [6.45, 7) is 4.38. The van der Waals surface area contributed by atoms with Crippen LogP contribution in [0.15, 0.2) is 0 Å². The molecule has 1 saturated heterocycles. The highest BCUT2D eigenvalue weighted by atomic mass is 16.5. The van der Waals surface area contributed by atoms with Crippen molar-refractivity contribution in [1.29, 1.82) is 0 Å². The number of hydrogen-bond donors (Lipinski definition) is 1. The molecule has 0 aromatic carbocycles. The van der Waals surface area contributed by atoms with Crippen LogP contribution in [0.2, 0.25) is 0 Å². The number of ether oxygens (including phenoxy) is 1. The average Bonchev–Trinajstić information content (AvgIpc) is 2.28. The second kappa shape index (κ2) is 6.61. The van der Waals surface area contributed by atoms with E-state index in [0.29, 0.717) is 12.1 Å². The van der Waals surface area contributed by atoms with Gasteiger partial charge in [0.25, 0.3) is 0 Å². The molecule has 0 amide bonds. The molecule has 94 valence electrons. The summed E-state index contributed by atoms with van der Waals surface area (Å²) >= 11 is 0. The van der Waals surface area contributed by atoms with E-state index in [9.17, 15) is 0 Å². The summed E-state index contributed by atoms with van der Waals surface area (Å²) in [5.74, 6) is 0.986. The quantitative estimate of drug-likeness (QED) is 0.750. The minimum atomic E-state index is 0.501. The van der Waals surface area contributed by atoms with Crippen molar-refractivity contribution in [1.82, 2.24) is 5.32 Å². The number of nitrogens with one attached hydrogen (secondary N) is 1. The van der Waals surface area contributed by atoms with Gasteiger partial charge in [-0.1, -0.05) is 26.2 Å². The highest BCUT2D eigenvalue weighted by Gasteiger charge is 2.28. The van der Waals surface area contributed by atoms with E-state index in [1.807, 2.05) is 0 Å². The van der Waals surface area contributed by atoms with Crippen LogP contribution in [-0.4, -0.2) is 25.3 Å². The van der Waals surface area contributed by atoms with Crippen molar-refractivity contribution in [2.75, 3.05) is 13.2 Å². The van der Waals surface area contributed by atoms with Crippen molar-refractivity contribution < 1.29 is 4.74 Å². The third-order valence-corrected chi connectivity index (χ3v) is 4.13. The van der Waals surface area contributed by atoms with Gasteiger partial charge in [0.2, 0.25) is 0 Å². The lowest BCUT2D eigenvalue weighted by atomic mass is 9.79. The molecular weight excluding hydrogens is 198 g/mol. The Hall–Kier alpha value is -0.0800. The summed E-state index contributed by atoms with van der Waals surface area (Å²) in [5.41, 5.74) is 0. The first-order valence-electron chi connectivity index (χ1n) is 7.25. The summed E-state index contributed by atoms with van der Waals surface area (Å²) in [4.78, 5) is 0. The van der Waals surface area contributed by atoms with Gasteiger partial charge >= 0.3 is 0 Å². The molecule has 2 heteroatoms. The first-order chi connectivity index (χ1) is 7.90. The van der Waals surface area contributed by atoms with E-state index in [2.05, 4.69) is 12.2 Å². The van der Waals surface area contributed by atoms with Gasteiger partial charge in [-0.15, -0.1) is 0 Å². The van der Waals surface area contributed by atoms with Crippen molar-refractivity contribution in [2.24, 2.45) is 5.92 Å².